The summed E-state index contributed by atoms with van der Waals surface area (Å²) >= 11 is 0. The third-order valence-corrected chi connectivity index (χ3v) is 3.18. The van der Waals surface area contributed by atoms with Gasteiger partial charge < -0.3 is 20.5 Å². The van der Waals surface area contributed by atoms with E-state index in [9.17, 15) is 9.59 Å². The minimum absolute atomic E-state index is 0.276. The zero-order valence-corrected chi connectivity index (χ0v) is 12.9. The first-order valence-electron chi connectivity index (χ1n) is 7.01. The Balaban J connectivity index is 2.06. The lowest BCUT2D eigenvalue weighted by Crippen LogP contribution is -2.30. The number of rotatable bonds is 6. The van der Waals surface area contributed by atoms with Crippen molar-refractivity contribution in [2.24, 2.45) is 5.73 Å². The monoisotopic (exact) mass is 314 g/mol. The topological polar surface area (TPSA) is 90.7 Å². The van der Waals surface area contributed by atoms with Crippen molar-refractivity contribution in [3.8, 4) is 11.5 Å². The number of methoxy groups -OCH3 is 1. The summed E-state index contributed by atoms with van der Waals surface area (Å²) in [6.07, 6.45) is -0.718. The summed E-state index contributed by atoms with van der Waals surface area (Å²) in [5.41, 5.74) is 6.18. The lowest BCUT2D eigenvalue weighted by molar-refractivity contribution is -0.123. The standard InChI is InChI=1S/C17H18N2O4/c1-11(16(18)20)23-13-9-7-12(8-10-13)19-17(21)14-5-3-4-6-15(14)22-2/h3-11H,1-2H3,(H2,18,20)(H,19,21)/t11-/m0/s1. The van der Waals surface area contributed by atoms with Crippen molar-refractivity contribution in [3.05, 3.63) is 54.1 Å². The molecule has 0 saturated heterocycles. The SMILES string of the molecule is COc1ccccc1C(=O)Nc1ccc(O[C@@H](C)C(N)=O)cc1. The van der Waals surface area contributed by atoms with Crippen molar-refractivity contribution in [1.29, 1.82) is 0 Å². The van der Waals surface area contributed by atoms with Crippen LogP contribution in [0, 0.1) is 0 Å². The van der Waals surface area contributed by atoms with Crippen LogP contribution < -0.4 is 20.5 Å². The molecule has 6 heteroatoms. The Labute approximate surface area is 134 Å². The predicted octanol–water partition coefficient (Wildman–Crippen LogP) is 2.20. The Morgan fingerprint density at radius 2 is 1.74 bits per heavy atom. The summed E-state index contributed by atoms with van der Waals surface area (Å²) in [7, 11) is 1.51. The maximum Gasteiger partial charge on any atom is 0.259 e. The molecule has 0 aliphatic heterocycles. The number of carbonyl (C=O) groups is 2. The van der Waals surface area contributed by atoms with Crippen LogP contribution in [-0.2, 0) is 4.79 Å². The molecule has 0 unspecified atom stereocenters. The number of primary amides is 1. The van der Waals surface area contributed by atoms with Crippen molar-refractivity contribution in [2.45, 2.75) is 13.0 Å². The van der Waals surface area contributed by atoms with Crippen LogP contribution in [0.5, 0.6) is 11.5 Å². The Morgan fingerprint density at radius 3 is 2.35 bits per heavy atom. The maximum atomic E-state index is 12.3. The van der Waals surface area contributed by atoms with Gasteiger partial charge in [-0.15, -0.1) is 0 Å². The summed E-state index contributed by atoms with van der Waals surface area (Å²) in [5.74, 6) is 0.173. The molecule has 0 aromatic heterocycles. The van der Waals surface area contributed by atoms with Gasteiger partial charge in [0.05, 0.1) is 12.7 Å². The highest BCUT2D eigenvalue weighted by Gasteiger charge is 2.12. The van der Waals surface area contributed by atoms with E-state index in [2.05, 4.69) is 5.32 Å². The number of anilines is 1. The molecule has 0 spiro atoms. The van der Waals surface area contributed by atoms with Gasteiger partial charge in [0.15, 0.2) is 6.10 Å². The first-order valence-corrected chi connectivity index (χ1v) is 7.01. The van der Waals surface area contributed by atoms with Gasteiger partial charge >= 0.3 is 0 Å². The Morgan fingerprint density at radius 1 is 1.09 bits per heavy atom. The predicted molar refractivity (Wildman–Crippen MR) is 86.7 cm³/mol. The molecule has 0 saturated carbocycles. The van der Waals surface area contributed by atoms with E-state index in [1.807, 2.05) is 0 Å². The van der Waals surface area contributed by atoms with Crippen LogP contribution in [0.3, 0.4) is 0 Å². The van der Waals surface area contributed by atoms with E-state index >= 15 is 0 Å². The van der Waals surface area contributed by atoms with E-state index in [1.54, 1.807) is 55.5 Å². The fourth-order valence-corrected chi connectivity index (χ4v) is 1.91. The lowest BCUT2D eigenvalue weighted by Gasteiger charge is -2.12. The van der Waals surface area contributed by atoms with Crippen molar-refractivity contribution in [1.82, 2.24) is 0 Å². The third-order valence-electron chi connectivity index (χ3n) is 3.18. The smallest absolute Gasteiger partial charge is 0.259 e. The lowest BCUT2D eigenvalue weighted by atomic mass is 10.2. The molecular formula is C17H18N2O4. The molecule has 2 aromatic rings. The highest BCUT2D eigenvalue weighted by molar-refractivity contribution is 6.06. The minimum atomic E-state index is -0.718. The molecule has 0 aliphatic rings. The summed E-state index contributed by atoms with van der Waals surface area (Å²) in [6.45, 7) is 1.57. The summed E-state index contributed by atoms with van der Waals surface area (Å²) in [5, 5.41) is 2.77. The maximum absolute atomic E-state index is 12.3. The number of nitrogens with one attached hydrogen (secondary N) is 1. The van der Waals surface area contributed by atoms with Crippen LogP contribution in [0.4, 0.5) is 5.69 Å². The van der Waals surface area contributed by atoms with Gasteiger partial charge in [-0.25, -0.2) is 0 Å². The highest BCUT2D eigenvalue weighted by Crippen LogP contribution is 2.21. The Kier molecular flexibility index (Phi) is 5.19. The van der Waals surface area contributed by atoms with E-state index in [0.29, 0.717) is 22.7 Å². The van der Waals surface area contributed by atoms with Crippen LogP contribution in [0.1, 0.15) is 17.3 Å². The summed E-state index contributed by atoms with van der Waals surface area (Å²) < 4.78 is 10.5. The molecule has 23 heavy (non-hydrogen) atoms. The van der Waals surface area contributed by atoms with Crippen molar-refractivity contribution in [3.63, 3.8) is 0 Å². The zero-order valence-electron chi connectivity index (χ0n) is 12.9. The molecule has 0 bridgehead atoms. The molecule has 120 valence electrons. The van der Waals surface area contributed by atoms with Gasteiger partial charge in [-0.2, -0.15) is 0 Å². The van der Waals surface area contributed by atoms with E-state index in [-0.39, 0.29) is 5.91 Å². The molecule has 0 radical (unpaired) electrons. The summed E-state index contributed by atoms with van der Waals surface area (Å²) in [6, 6.07) is 13.6. The molecule has 0 aliphatic carbocycles. The average molecular weight is 314 g/mol. The minimum Gasteiger partial charge on any atom is -0.496 e. The molecular weight excluding hydrogens is 296 g/mol. The second kappa shape index (κ2) is 7.31. The first kappa shape index (κ1) is 16.4. The van der Waals surface area contributed by atoms with Gasteiger partial charge in [-0.1, -0.05) is 12.1 Å². The van der Waals surface area contributed by atoms with Crippen molar-refractivity contribution in [2.75, 3.05) is 12.4 Å². The number of carbonyl (C=O) groups excluding carboxylic acids is 2. The molecule has 2 rings (SSSR count). The van der Waals surface area contributed by atoms with Gasteiger partial charge in [-0.05, 0) is 43.3 Å². The van der Waals surface area contributed by atoms with E-state index in [0.717, 1.165) is 0 Å². The molecule has 0 fully saturated rings. The van der Waals surface area contributed by atoms with Crippen LogP contribution >= 0.6 is 0 Å². The fraction of sp³-hybridized carbons (Fsp3) is 0.176. The Hall–Kier alpha value is -3.02. The molecule has 6 nitrogen and oxygen atoms in total. The van der Waals surface area contributed by atoms with Crippen LogP contribution in [0.2, 0.25) is 0 Å². The number of nitrogens with two attached hydrogens (primary N) is 1. The number of hydrogen-bond acceptors (Lipinski definition) is 4. The number of para-hydroxylation sites is 1. The second-order valence-electron chi connectivity index (χ2n) is 4.84. The molecule has 1 atom stereocenters. The number of ether oxygens (including phenoxy) is 2. The van der Waals surface area contributed by atoms with E-state index < -0.39 is 12.0 Å². The normalized spacial score (nSPS) is 11.4. The zero-order chi connectivity index (χ0) is 16.8. The van der Waals surface area contributed by atoms with Gasteiger partial charge in [-0.3, -0.25) is 9.59 Å². The van der Waals surface area contributed by atoms with Gasteiger partial charge in [0, 0.05) is 5.69 Å². The first-order chi connectivity index (χ1) is 11.0. The van der Waals surface area contributed by atoms with Crippen molar-refractivity contribution >= 4 is 17.5 Å². The molecule has 2 amide bonds. The third kappa shape index (κ3) is 4.23. The molecule has 3 N–H and O–H groups in total. The van der Waals surface area contributed by atoms with Gasteiger partial charge in [0.2, 0.25) is 0 Å². The molecule has 0 heterocycles. The van der Waals surface area contributed by atoms with E-state index in [4.69, 9.17) is 15.2 Å². The number of benzene rings is 2. The second-order valence-corrected chi connectivity index (χ2v) is 4.84. The van der Waals surface area contributed by atoms with Crippen molar-refractivity contribution < 1.29 is 19.1 Å². The average Bonchev–Trinajstić information content (AvgIpc) is 2.56. The van der Waals surface area contributed by atoms with Gasteiger partial charge in [0.25, 0.3) is 11.8 Å². The largest absolute Gasteiger partial charge is 0.496 e. The van der Waals surface area contributed by atoms with Crippen LogP contribution in [0.25, 0.3) is 0 Å². The Bertz CT molecular complexity index is 698. The van der Waals surface area contributed by atoms with E-state index in [1.165, 1.54) is 7.11 Å². The fourth-order valence-electron chi connectivity index (χ4n) is 1.91. The number of hydrogen-bond donors (Lipinski definition) is 2. The highest BCUT2D eigenvalue weighted by atomic mass is 16.5. The van der Waals surface area contributed by atoms with Gasteiger partial charge in [0.1, 0.15) is 11.5 Å². The molecule has 2 aromatic carbocycles. The van der Waals surface area contributed by atoms with Crippen LogP contribution in [0.15, 0.2) is 48.5 Å². The van der Waals surface area contributed by atoms with Crippen LogP contribution in [-0.4, -0.2) is 25.0 Å². The number of amides is 2. The summed E-state index contributed by atoms with van der Waals surface area (Å²) in [4.78, 5) is 23.2. The quantitative estimate of drug-likeness (QED) is 0.855.